The van der Waals surface area contributed by atoms with E-state index in [9.17, 15) is 0 Å². The van der Waals surface area contributed by atoms with Gasteiger partial charge in [-0.1, -0.05) is 146 Å². The summed E-state index contributed by atoms with van der Waals surface area (Å²) < 4.78 is 0. The summed E-state index contributed by atoms with van der Waals surface area (Å²) in [6, 6.07) is 71.4. The number of pyridine rings is 1. The quantitative estimate of drug-likeness (QED) is 0.165. The van der Waals surface area contributed by atoms with Gasteiger partial charge in [0.1, 0.15) is 11.6 Å². The fraction of sp³-hybridized carbons (Fsp3) is 0. The van der Waals surface area contributed by atoms with Crippen molar-refractivity contribution in [2.24, 2.45) is 0 Å². The van der Waals surface area contributed by atoms with Gasteiger partial charge >= 0.3 is 0 Å². The third-order valence-corrected chi connectivity index (χ3v) is 10.2. The Morgan fingerprint density at radius 1 is 0.269 bits per heavy atom. The van der Waals surface area contributed by atoms with Gasteiger partial charge < -0.3 is 0 Å². The number of para-hydroxylation sites is 2. The lowest BCUT2D eigenvalue weighted by Crippen LogP contribution is -2.16. The maximum absolute atomic E-state index is 5.47. The number of aromatic nitrogens is 1. The van der Waals surface area contributed by atoms with Gasteiger partial charge in [0.15, 0.2) is 0 Å². The van der Waals surface area contributed by atoms with E-state index in [2.05, 4.69) is 210 Å². The zero-order chi connectivity index (χ0) is 34.4. The highest BCUT2D eigenvalue weighted by atomic mass is 15.3. The van der Waals surface area contributed by atoms with E-state index >= 15 is 0 Å². The van der Waals surface area contributed by atoms with Gasteiger partial charge in [0.2, 0.25) is 0 Å². The molecule has 0 bridgehead atoms. The van der Waals surface area contributed by atoms with Crippen molar-refractivity contribution >= 4 is 88.2 Å². The molecule has 1 heterocycles. The molecule has 0 saturated carbocycles. The summed E-state index contributed by atoms with van der Waals surface area (Å²) >= 11 is 0. The van der Waals surface area contributed by atoms with E-state index in [1.807, 2.05) is 0 Å². The number of rotatable bonds is 6. The Labute approximate surface area is 302 Å². The van der Waals surface area contributed by atoms with Crippen LogP contribution in [0.2, 0.25) is 0 Å². The summed E-state index contributed by atoms with van der Waals surface area (Å²) in [4.78, 5) is 10.0. The third-order valence-electron chi connectivity index (χ3n) is 10.2. The lowest BCUT2D eigenvalue weighted by molar-refractivity contribution is 1.14. The number of fused-ring (bicyclic) bond motifs is 8. The molecule has 10 rings (SSSR count). The van der Waals surface area contributed by atoms with Crippen molar-refractivity contribution in [1.82, 2.24) is 4.98 Å². The van der Waals surface area contributed by atoms with Gasteiger partial charge in [-0.25, -0.2) is 4.98 Å². The Bertz CT molecular complexity index is 2920. The molecule has 1 aromatic heterocycles. The van der Waals surface area contributed by atoms with Gasteiger partial charge in [0.05, 0.1) is 5.69 Å². The van der Waals surface area contributed by atoms with E-state index in [0.717, 1.165) is 34.4 Å². The molecule has 0 aliphatic rings. The molecule has 10 aromatic rings. The summed E-state index contributed by atoms with van der Waals surface area (Å²) in [5, 5.41) is 12.3. The van der Waals surface area contributed by atoms with Crippen molar-refractivity contribution in [3.63, 3.8) is 0 Å². The van der Waals surface area contributed by atoms with E-state index in [1.165, 1.54) is 53.9 Å². The first-order valence-corrected chi connectivity index (χ1v) is 17.7. The van der Waals surface area contributed by atoms with Crippen molar-refractivity contribution < 1.29 is 0 Å². The Morgan fingerprint density at radius 2 is 0.731 bits per heavy atom. The Hall–Kier alpha value is -6.97. The molecule has 0 aliphatic heterocycles. The van der Waals surface area contributed by atoms with Gasteiger partial charge in [0, 0.05) is 22.4 Å². The standard InChI is InChI=1S/C49H33N3/c1-3-15-37(16-4-1)51(39-28-30-42-36(33-39)26-25-34-13-7-9-19-40(34)42)48-23-12-24-49(50-48)52(38-17-5-2-6-18-38)47-22-11-21-43-45-29-27-35-14-8-10-20-41(35)44(45)31-32-46(43)47/h1-33H. The SMILES string of the molecule is c1ccc(N(c2ccc3c(ccc4ccccc43)c2)c2cccc(N(c3ccccc3)c3cccc4c3ccc3c5ccccc5ccc43)n2)cc1. The second-order valence-electron chi connectivity index (χ2n) is 13.2. The average molecular weight is 664 g/mol. The summed E-state index contributed by atoms with van der Waals surface area (Å²) in [6.45, 7) is 0. The molecule has 0 saturated heterocycles. The molecule has 52 heavy (non-hydrogen) atoms. The molecular formula is C49H33N3. The molecule has 0 radical (unpaired) electrons. The van der Waals surface area contributed by atoms with Crippen molar-refractivity contribution in [1.29, 1.82) is 0 Å². The predicted molar refractivity (Wildman–Crippen MR) is 221 cm³/mol. The Balaban J connectivity index is 1.16. The molecule has 0 spiro atoms. The molecule has 0 N–H and O–H groups in total. The topological polar surface area (TPSA) is 19.4 Å². The van der Waals surface area contributed by atoms with Crippen LogP contribution in [0, 0.1) is 0 Å². The van der Waals surface area contributed by atoms with Crippen LogP contribution in [0.4, 0.5) is 34.4 Å². The van der Waals surface area contributed by atoms with Crippen LogP contribution >= 0.6 is 0 Å². The maximum Gasteiger partial charge on any atom is 0.140 e. The van der Waals surface area contributed by atoms with Gasteiger partial charge in [-0.15, -0.1) is 0 Å². The van der Waals surface area contributed by atoms with Gasteiger partial charge in [-0.2, -0.15) is 0 Å². The lowest BCUT2D eigenvalue weighted by Gasteiger charge is -2.29. The molecule has 0 fully saturated rings. The Morgan fingerprint density at radius 3 is 1.48 bits per heavy atom. The second kappa shape index (κ2) is 12.4. The number of hydrogen-bond acceptors (Lipinski definition) is 3. The average Bonchev–Trinajstić information content (AvgIpc) is 3.22. The molecule has 3 nitrogen and oxygen atoms in total. The van der Waals surface area contributed by atoms with E-state index in [-0.39, 0.29) is 0 Å². The molecule has 0 unspecified atom stereocenters. The smallest absolute Gasteiger partial charge is 0.140 e. The minimum absolute atomic E-state index is 0.835. The molecular weight excluding hydrogens is 631 g/mol. The van der Waals surface area contributed by atoms with Crippen LogP contribution in [0.3, 0.4) is 0 Å². The highest BCUT2D eigenvalue weighted by Crippen LogP contribution is 2.43. The maximum atomic E-state index is 5.47. The number of hydrogen-bond donors (Lipinski definition) is 0. The predicted octanol–water partition coefficient (Wildman–Crippen LogP) is 13.8. The second-order valence-corrected chi connectivity index (χ2v) is 13.2. The fourth-order valence-corrected chi connectivity index (χ4v) is 7.80. The summed E-state index contributed by atoms with van der Waals surface area (Å²) in [5.74, 6) is 1.67. The van der Waals surface area contributed by atoms with E-state index in [0.29, 0.717) is 0 Å². The molecule has 244 valence electrons. The Kier molecular flexibility index (Phi) is 7.14. The minimum atomic E-state index is 0.835. The molecule has 3 heteroatoms. The van der Waals surface area contributed by atoms with E-state index < -0.39 is 0 Å². The number of benzene rings is 9. The van der Waals surface area contributed by atoms with Crippen molar-refractivity contribution in [3.8, 4) is 0 Å². The van der Waals surface area contributed by atoms with Crippen LogP contribution in [-0.2, 0) is 0 Å². The van der Waals surface area contributed by atoms with E-state index in [1.54, 1.807) is 0 Å². The van der Waals surface area contributed by atoms with Gasteiger partial charge in [0.25, 0.3) is 0 Å². The first kappa shape index (κ1) is 29.9. The zero-order valence-electron chi connectivity index (χ0n) is 28.4. The van der Waals surface area contributed by atoms with Gasteiger partial charge in [-0.3, -0.25) is 9.80 Å². The highest BCUT2D eigenvalue weighted by molar-refractivity contribution is 6.19. The number of anilines is 6. The normalized spacial score (nSPS) is 11.5. The van der Waals surface area contributed by atoms with Crippen LogP contribution in [0.5, 0.6) is 0 Å². The van der Waals surface area contributed by atoms with Crippen LogP contribution in [-0.4, -0.2) is 4.98 Å². The summed E-state index contributed by atoms with van der Waals surface area (Å²) in [7, 11) is 0. The highest BCUT2D eigenvalue weighted by Gasteiger charge is 2.21. The van der Waals surface area contributed by atoms with Crippen LogP contribution in [0.25, 0.3) is 53.9 Å². The largest absolute Gasteiger partial charge is 0.295 e. The molecule has 0 amide bonds. The molecule has 0 atom stereocenters. The van der Waals surface area contributed by atoms with Crippen molar-refractivity contribution in [3.05, 3.63) is 200 Å². The van der Waals surface area contributed by atoms with Crippen LogP contribution in [0.15, 0.2) is 200 Å². The summed E-state index contributed by atoms with van der Waals surface area (Å²) in [6.07, 6.45) is 0. The van der Waals surface area contributed by atoms with Gasteiger partial charge in [-0.05, 0) is 103 Å². The molecule has 0 aliphatic carbocycles. The van der Waals surface area contributed by atoms with Crippen molar-refractivity contribution in [2.45, 2.75) is 0 Å². The zero-order valence-corrected chi connectivity index (χ0v) is 28.4. The van der Waals surface area contributed by atoms with E-state index in [4.69, 9.17) is 4.98 Å². The summed E-state index contributed by atoms with van der Waals surface area (Å²) in [5.41, 5.74) is 4.21. The number of nitrogens with zero attached hydrogens (tertiary/aromatic N) is 3. The van der Waals surface area contributed by atoms with Crippen LogP contribution in [0.1, 0.15) is 0 Å². The monoisotopic (exact) mass is 663 g/mol. The van der Waals surface area contributed by atoms with Crippen LogP contribution < -0.4 is 9.80 Å². The molecule has 9 aromatic carbocycles. The first-order valence-electron chi connectivity index (χ1n) is 17.7. The first-order chi connectivity index (χ1) is 25.8. The third kappa shape index (κ3) is 5.02. The lowest BCUT2D eigenvalue weighted by atomic mass is 9.96. The van der Waals surface area contributed by atoms with Crippen molar-refractivity contribution in [2.75, 3.05) is 9.80 Å². The minimum Gasteiger partial charge on any atom is -0.295 e. The fourth-order valence-electron chi connectivity index (χ4n) is 7.80.